The van der Waals surface area contributed by atoms with Crippen molar-refractivity contribution in [2.75, 3.05) is 0 Å². The Labute approximate surface area is 89.9 Å². The Bertz CT molecular complexity index is 763. The predicted molar refractivity (Wildman–Crippen MR) is 60.3 cm³/mol. The number of hydrogen-bond acceptors (Lipinski definition) is 4. The van der Waals surface area contributed by atoms with Gasteiger partial charge in [0.15, 0.2) is 0 Å². The van der Waals surface area contributed by atoms with E-state index in [9.17, 15) is 0 Å². The van der Waals surface area contributed by atoms with Gasteiger partial charge in [0.1, 0.15) is 0 Å². The molecule has 0 saturated heterocycles. The van der Waals surface area contributed by atoms with Crippen LogP contribution in [0, 0.1) is 21.6 Å². The van der Waals surface area contributed by atoms with Gasteiger partial charge in [-0.15, -0.1) is 0 Å². The van der Waals surface area contributed by atoms with Crippen LogP contribution in [0.25, 0.3) is 21.9 Å². The zero-order valence-corrected chi connectivity index (χ0v) is 8.15. The van der Waals surface area contributed by atoms with Gasteiger partial charge in [-0.25, -0.2) is 0 Å². The van der Waals surface area contributed by atoms with Crippen LogP contribution < -0.4 is 10.7 Å². The molecule has 74 valence electrons. The first-order valence-corrected chi connectivity index (χ1v) is 4.65. The normalized spacial score (nSPS) is 13.2. The van der Waals surface area contributed by atoms with Gasteiger partial charge in [0.25, 0.3) is 0 Å². The van der Waals surface area contributed by atoms with Gasteiger partial charge in [0, 0.05) is 21.9 Å². The molecule has 0 aromatic heterocycles. The molecule has 3 rings (SSSR count). The molecule has 0 radical (unpaired) electrons. The summed E-state index contributed by atoms with van der Waals surface area (Å²) in [5, 5.41) is 31.4. The molecule has 0 atom stereocenters. The minimum Gasteiger partial charge on any atom is -0.298 e. The molecule has 1 aliphatic carbocycles. The molecule has 0 unspecified atom stereocenters. The molecule has 0 amide bonds. The summed E-state index contributed by atoms with van der Waals surface area (Å²) in [6.45, 7) is 0. The van der Waals surface area contributed by atoms with Gasteiger partial charge in [0.05, 0.1) is 21.9 Å². The second kappa shape index (κ2) is 2.52. The average molecular weight is 206 g/mol. The van der Waals surface area contributed by atoms with Crippen molar-refractivity contribution < 1.29 is 0 Å². The van der Waals surface area contributed by atoms with Crippen LogP contribution in [0.4, 0.5) is 0 Å². The number of rotatable bonds is 0. The van der Waals surface area contributed by atoms with E-state index in [0.717, 1.165) is 21.9 Å². The lowest BCUT2D eigenvalue weighted by Crippen LogP contribution is -2.32. The van der Waals surface area contributed by atoms with Crippen molar-refractivity contribution in [3.05, 3.63) is 34.0 Å². The summed E-state index contributed by atoms with van der Waals surface area (Å²) in [7, 11) is 0. The van der Waals surface area contributed by atoms with E-state index in [4.69, 9.17) is 21.6 Å². The van der Waals surface area contributed by atoms with Crippen molar-refractivity contribution in [2.24, 2.45) is 0 Å². The smallest absolute Gasteiger partial charge is 0.0874 e. The Kier molecular flexibility index (Phi) is 1.38. The maximum atomic E-state index is 7.57. The van der Waals surface area contributed by atoms with E-state index in [1.54, 1.807) is 12.1 Å². The maximum Gasteiger partial charge on any atom is 0.0874 e. The van der Waals surface area contributed by atoms with E-state index in [2.05, 4.69) is 11.7 Å². The van der Waals surface area contributed by atoms with E-state index in [-0.39, 0.29) is 10.7 Å². The van der Waals surface area contributed by atoms with Gasteiger partial charge in [-0.1, -0.05) is 0 Å². The molecular weight excluding hydrogens is 200 g/mol. The van der Waals surface area contributed by atoms with Crippen molar-refractivity contribution in [3.8, 4) is 0 Å². The highest BCUT2D eigenvalue weighted by atomic mass is 14.5. The lowest BCUT2D eigenvalue weighted by Gasteiger charge is -2.23. The molecule has 1 aliphatic rings. The summed E-state index contributed by atoms with van der Waals surface area (Å²) in [4.78, 5) is 0. The maximum absolute atomic E-state index is 7.57. The van der Waals surface area contributed by atoms with Crippen molar-refractivity contribution in [1.82, 2.24) is 0 Å². The first-order valence-electron chi connectivity index (χ1n) is 4.65. The standard InChI is InChI=1S/C12H6N4/c13-3-9-5-1-7-8(12(16)11(7)15)2-6(5)10(9)4-14/h1-2,13-16H. The van der Waals surface area contributed by atoms with E-state index in [1.807, 2.05) is 0 Å². The molecule has 4 N–H and O–H groups in total. The van der Waals surface area contributed by atoms with Crippen LogP contribution >= 0.6 is 0 Å². The fourth-order valence-electron chi connectivity index (χ4n) is 2.10. The summed E-state index contributed by atoms with van der Waals surface area (Å²) in [5.41, 5.74) is 2.81. The highest BCUT2D eigenvalue weighted by molar-refractivity contribution is 6.32. The monoisotopic (exact) mass is 206 g/mol. The largest absolute Gasteiger partial charge is 0.298 e. The number of allylic oxidation sites excluding steroid dienone is 2. The highest BCUT2D eigenvalue weighted by Gasteiger charge is 2.28. The fourth-order valence-corrected chi connectivity index (χ4v) is 2.10. The van der Waals surface area contributed by atoms with Gasteiger partial charge < -0.3 is 0 Å². The van der Waals surface area contributed by atoms with Crippen LogP contribution in [-0.2, 0) is 0 Å². The van der Waals surface area contributed by atoms with Crippen LogP contribution in [0.1, 0.15) is 11.1 Å². The second-order valence-electron chi connectivity index (χ2n) is 3.69. The van der Waals surface area contributed by atoms with E-state index in [1.165, 1.54) is 0 Å². The van der Waals surface area contributed by atoms with Crippen LogP contribution in [0.3, 0.4) is 0 Å². The van der Waals surface area contributed by atoms with Crippen LogP contribution in [0.15, 0.2) is 12.1 Å². The first-order chi connectivity index (χ1) is 7.69. The quantitative estimate of drug-likeness (QED) is 0.462. The SMILES string of the molecule is N=C=C1C(=C=N)c2cc3c(=N)c(=N)c3cc21. The Balaban J connectivity index is 2.49. The Morgan fingerprint density at radius 1 is 0.750 bits per heavy atom. The minimum absolute atomic E-state index is 0.245. The Morgan fingerprint density at radius 3 is 1.44 bits per heavy atom. The lowest BCUT2D eigenvalue weighted by molar-refractivity contribution is 1.15. The molecular formula is C12H6N4. The van der Waals surface area contributed by atoms with Crippen molar-refractivity contribution in [2.45, 2.75) is 0 Å². The lowest BCUT2D eigenvalue weighted by atomic mass is 9.77. The zero-order chi connectivity index (χ0) is 11.4. The molecule has 0 heterocycles. The van der Waals surface area contributed by atoms with Crippen molar-refractivity contribution >= 4 is 33.7 Å². The van der Waals surface area contributed by atoms with Gasteiger partial charge in [-0.3, -0.25) is 21.6 Å². The minimum atomic E-state index is 0.245. The molecule has 2 aromatic rings. The molecule has 4 heteroatoms. The number of hydrogen-bond donors (Lipinski definition) is 4. The summed E-state index contributed by atoms with van der Waals surface area (Å²) < 4.78 is 0. The van der Waals surface area contributed by atoms with Gasteiger partial charge in [-0.2, -0.15) is 0 Å². The molecule has 0 fully saturated rings. The highest BCUT2D eigenvalue weighted by Crippen LogP contribution is 2.42. The third kappa shape index (κ3) is 0.729. The Morgan fingerprint density at radius 2 is 1.12 bits per heavy atom. The summed E-state index contributed by atoms with van der Waals surface area (Å²) in [6, 6.07) is 3.59. The third-order valence-corrected chi connectivity index (χ3v) is 2.99. The fraction of sp³-hybridized carbons (Fsp3) is 0. The van der Waals surface area contributed by atoms with Crippen LogP contribution in [0.2, 0.25) is 0 Å². The third-order valence-electron chi connectivity index (χ3n) is 2.99. The van der Waals surface area contributed by atoms with E-state index < -0.39 is 0 Å². The molecule has 2 aromatic carbocycles. The van der Waals surface area contributed by atoms with Gasteiger partial charge in [-0.05, 0) is 23.9 Å². The Hall–Kier alpha value is -2.54. The molecule has 0 bridgehead atoms. The number of fused-ring (bicyclic) bond motifs is 2. The number of nitrogens with one attached hydrogen (secondary N) is 4. The molecule has 0 spiro atoms. The zero-order valence-electron chi connectivity index (χ0n) is 8.15. The summed E-state index contributed by atoms with van der Waals surface area (Å²) in [5.74, 6) is 4.56. The summed E-state index contributed by atoms with van der Waals surface area (Å²) in [6.07, 6.45) is 0. The average Bonchev–Trinajstić information content (AvgIpc) is 2.30. The van der Waals surface area contributed by atoms with Crippen LogP contribution in [0.5, 0.6) is 0 Å². The molecule has 4 nitrogen and oxygen atoms in total. The molecule has 0 aliphatic heterocycles. The van der Waals surface area contributed by atoms with Crippen LogP contribution in [-0.4, -0.2) is 11.7 Å². The van der Waals surface area contributed by atoms with E-state index >= 15 is 0 Å². The predicted octanol–water partition coefficient (Wildman–Crippen LogP) is 0.952. The van der Waals surface area contributed by atoms with Crippen molar-refractivity contribution in [1.29, 1.82) is 21.6 Å². The first kappa shape index (κ1) is 8.74. The van der Waals surface area contributed by atoms with Crippen molar-refractivity contribution in [3.63, 3.8) is 0 Å². The molecule has 16 heavy (non-hydrogen) atoms. The van der Waals surface area contributed by atoms with E-state index in [0.29, 0.717) is 11.1 Å². The molecule has 0 saturated carbocycles. The second-order valence-corrected chi connectivity index (χ2v) is 3.69. The topological polar surface area (TPSA) is 95.4 Å². The van der Waals surface area contributed by atoms with Gasteiger partial charge in [0.2, 0.25) is 0 Å². The number of benzene rings is 1. The van der Waals surface area contributed by atoms with Gasteiger partial charge >= 0.3 is 0 Å². The summed E-state index contributed by atoms with van der Waals surface area (Å²) >= 11 is 0.